The number of rotatable bonds is 5. The molecule has 0 amide bonds. The van der Waals surface area contributed by atoms with E-state index in [1.54, 1.807) is 7.11 Å². The molecule has 0 saturated heterocycles. The Labute approximate surface area is 151 Å². The zero-order valence-electron chi connectivity index (χ0n) is 14.6. The maximum atomic E-state index is 5.84. The van der Waals surface area contributed by atoms with Crippen molar-refractivity contribution in [2.75, 3.05) is 24.7 Å². The van der Waals surface area contributed by atoms with E-state index >= 15 is 0 Å². The Balaban J connectivity index is 1.51. The summed E-state index contributed by atoms with van der Waals surface area (Å²) in [6, 6.07) is 7.78. The Hall–Kier alpha value is -3.13. The number of ether oxygens (including phenoxy) is 1. The van der Waals surface area contributed by atoms with Crippen LogP contribution in [0.25, 0.3) is 5.69 Å². The minimum absolute atomic E-state index is 0.294. The lowest BCUT2D eigenvalue weighted by Gasteiger charge is -2.19. The van der Waals surface area contributed by atoms with E-state index in [0.717, 1.165) is 53.6 Å². The Morgan fingerprint density at radius 2 is 2.27 bits per heavy atom. The second-order valence-corrected chi connectivity index (χ2v) is 6.13. The van der Waals surface area contributed by atoms with Gasteiger partial charge in [0.1, 0.15) is 11.6 Å². The monoisotopic (exact) mass is 351 g/mol. The predicted octanol–water partition coefficient (Wildman–Crippen LogP) is 1.51. The number of benzene rings is 1. The summed E-state index contributed by atoms with van der Waals surface area (Å²) in [7, 11) is 1.65. The van der Waals surface area contributed by atoms with Crippen LogP contribution < -0.4 is 21.1 Å². The third-order valence-corrected chi connectivity index (χ3v) is 4.37. The maximum Gasteiger partial charge on any atom is 0.222 e. The SMILES string of the molecule is COc1cccc(-n2cc(CNc3nc(N)nc4c3CCNC4)cn2)c1. The molecule has 0 spiro atoms. The van der Waals surface area contributed by atoms with Gasteiger partial charge in [-0.3, -0.25) is 0 Å². The molecule has 0 radical (unpaired) electrons. The van der Waals surface area contributed by atoms with Crippen LogP contribution in [0.5, 0.6) is 5.75 Å². The second-order valence-electron chi connectivity index (χ2n) is 6.13. The molecule has 4 rings (SSSR count). The number of methoxy groups -OCH3 is 1. The van der Waals surface area contributed by atoms with Crippen molar-refractivity contribution in [1.29, 1.82) is 0 Å². The molecule has 134 valence electrons. The molecule has 3 heterocycles. The summed E-state index contributed by atoms with van der Waals surface area (Å²) < 4.78 is 7.09. The van der Waals surface area contributed by atoms with Crippen molar-refractivity contribution in [1.82, 2.24) is 25.1 Å². The molecule has 26 heavy (non-hydrogen) atoms. The molecule has 0 unspecified atom stereocenters. The number of nitrogens with one attached hydrogen (secondary N) is 2. The van der Waals surface area contributed by atoms with Crippen molar-refractivity contribution < 1.29 is 4.74 Å². The van der Waals surface area contributed by atoms with Gasteiger partial charge in [0.25, 0.3) is 0 Å². The van der Waals surface area contributed by atoms with Gasteiger partial charge in [0.15, 0.2) is 0 Å². The number of anilines is 2. The highest BCUT2D eigenvalue weighted by Crippen LogP contribution is 2.22. The zero-order valence-corrected chi connectivity index (χ0v) is 14.6. The number of nitrogen functional groups attached to an aromatic ring is 1. The summed E-state index contributed by atoms with van der Waals surface area (Å²) in [6.45, 7) is 2.26. The molecular weight excluding hydrogens is 330 g/mol. The molecule has 0 atom stereocenters. The summed E-state index contributed by atoms with van der Waals surface area (Å²) in [5.74, 6) is 1.90. The lowest BCUT2D eigenvalue weighted by Crippen LogP contribution is -2.26. The molecule has 8 heteroatoms. The Bertz CT molecular complexity index is 922. The molecule has 4 N–H and O–H groups in total. The van der Waals surface area contributed by atoms with Crippen LogP contribution in [0.2, 0.25) is 0 Å². The molecule has 2 aromatic heterocycles. The molecule has 0 bridgehead atoms. The Morgan fingerprint density at radius 3 is 3.15 bits per heavy atom. The fourth-order valence-corrected chi connectivity index (χ4v) is 3.06. The molecule has 1 aliphatic rings. The average Bonchev–Trinajstić information content (AvgIpc) is 3.15. The molecule has 0 fully saturated rings. The lowest BCUT2D eigenvalue weighted by atomic mass is 10.1. The Kier molecular flexibility index (Phi) is 4.40. The first-order valence-corrected chi connectivity index (χ1v) is 8.51. The van der Waals surface area contributed by atoms with Gasteiger partial charge in [0.2, 0.25) is 5.95 Å². The van der Waals surface area contributed by atoms with Crippen molar-refractivity contribution in [2.45, 2.75) is 19.5 Å². The van der Waals surface area contributed by atoms with Crippen LogP contribution in [-0.2, 0) is 19.5 Å². The maximum absolute atomic E-state index is 5.84. The van der Waals surface area contributed by atoms with Crippen LogP contribution in [0.1, 0.15) is 16.8 Å². The van der Waals surface area contributed by atoms with Gasteiger partial charge >= 0.3 is 0 Å². The summed E-state index contributed by atoms with van der Waals surface area (Å²) in [4.78, 5) is 8.70. The molecule has 3 aromatic rings. The number of nitrogens with zero attached hydrogens (tertiary/aromatic N) is 4. The van der Waals surface area contributed by atoms with Gasteiger partial charge in [0.05, 0.1) is 24.7 Å². The van der Waals surface area contributed by atoms with E-state index in [-0.39, 0.29) is 0 Å². The fraction of sp³-hybridized carbons (Fsp3) is 0.278. The van der Waals surface area contributed by atoms with E-state index < -0.39 is 0 Å². The first-order chi connectivity index (χ1) is 12.7. The van der Waals surface area contributed by atoms with Gasteiger partial charge in [0, 0.05) is 36.5 Å². The minimum atomic E-state index is 0.294. The van der Waals surface area contributed by atoms with E-state index in [1.807, 2.05) is 41.3 Å². The highest BCUT2D eigenvalue weighted by molar-refractivity contribution is 5.51. The van der Waals surface area contributed by atoms with Crippen molar-refractivity contribution in [2.24, 2.45) is 0 Å². The summed E-state index contributed by atoms with van der Waals surface area (Å²) >= 11 is 0. The van der Waals surface area contributed by atoms with E-state index in [1.165, 1.54) is 0 Å². The van der Waals surface area contributed by atoms with E-state index in [2.05, 4.69) is 25.7 Å². The minimum Gasteiger partial charge on any atom is -0.497 e. The third-order valence-electron chi connectivity index (χ3n) is 4.37. The number of aromatic nitrogens is 4. The van der Waals surface area contributed by atoms with Crippen LogP contribution >= 0.6 is 0 Å². The average molecular weight is 351 g/mol. The summed E-state index contributed by atoms with van der Waals surface area (Å²) in [6.07, 6.45) is 4.71. The number of fused-ring (bicyclic) bond motifs is 1. The van der Waals surface area contributed by atoms with Crippen LogP contribution in [0, 0.1) is 0 Å². The topological polar surface area (TPSA) is 103 Å². The smallest absolute Gasteiger partial charge is 0.222 e. The van der Waals surface area contributed by atoms with Crippen LogP contribution in [0.3, 0.4) is 0 Å². The van der Waals surface area contributed by atoms with Gasteiger partial charge in [-0.1, -0.05) is 6.07 Å². The van der Waals surface area contributed by atoms with E-state index in [4.69, 9.17) is 10.5 Å². The quantitative estimate of drug-likeness (QED) is 0.640. The molecular formula is C18H21N7O. The zero-order chi connectivity index (χ0) is 17.9. The van der Waals surface area contributed by atoms with Crippen LogP contribution in [-0.4, -0.2) is 33.4 Å². The fourth-order valence-electron chi connectivity index (χ4n) is 3.06. The molecule has 0 saturated carbocycles. The first-order valence-electron chi connectivity index (χ1n) is 8.51. The van der Waals surface area contributed by atoms with Crippen molar-refractivity contribution >= 4 is 11.8 Å². The molecule has 0 aliphatic carbocycles. The molecule has 8 nitrogen and oxygen atoms in total. The normalized spacial score (nSPS) is 13.3. The summed E-state index contributed by atoms with van der Waals surface area (Å²) in [5.41, 5.74) is 9.95. The van der Waals surface area contributed by atoms with E-state index in [0.29, 0.717) is 12.5 Å². The van der Waals surface area contributed by atoms with Crippen molar-refractivity contribution in [3.8, 4) is 11.4 Å². The van der Waals surface area contributed by atoms with Gasteiger partial charge in [-0.2, -0.15) is 10.1 Å². The number of hydrogen-bond acceptors (Lipinski definition) is 7. The first kappa shape index (κ1) is 16.3. The van der Waals surface area contributed by atoms with Gasteiger partial charge in [-0.05, 0) is 25.1 Å². The van der Waals surface area contributed by atoms with Crippen molar-refractivity contribution in [3.63, 3.8) is 0 Å². The number of nitrogens with two attached hydrogens (primary N) is 1. The second kappa shape index (κ2) is 7.01. The number of hydrogen-bond donors (Lipinski definition) is 3. The van der Waals surface area contributed by atoms with Gasteiger partial charge in [-0.15, -0.1) is 0 Å². The van der Waals surface area contributed by atoms with Crippen molar-refractivity contribution in [3.05, 3.63) is 53.5 Å². The lowest BCUT2D eigenvalue weighted by molar-refractivity contribution is 0.414. The molecule has 1 aliphatic heterocycles. The van der Waals surface area contributed by atoms with Crippen LogP contribution in [0.15, 0.2) is 36.7 Å². The standard InChI is InChI=1S/C18H21N7O/c1-26-14-4-2-3-13(7-14)25-11-12(9-22-25)8-21-17-15-5-6-20-10-16(15)23-18(19)24-17/h2-4,7,9,11,20H,5-6,8,10H2,1H3,(H3,19,21,23,24). The van der Waals surface area contributed by atoms with Crippen LogP contribution in [0.4, 0.5) is 11.8 Å². The predicted molar refractivity (Wildman–Crippen MR) is 99.3 cm³/mol. The van der Waals surface area contributed by atoms with Gasteiger partial charge < -0.3 is 21.1 Å². The molecule has 1 aromatic carbocycles. The largest absolute Gasteiger partial charge is 0.497 e. The highest BCUT2D eigenvalue weighted by atomic mass is 16.5. The third kappa shape index (κ3) is 3.31. The van der Waals surface area contributed by atoms with Gasteiger partial charge in [-0.25, -0.2) is 9.67 Å². The Morgan fingerprint density at radius 1 is 1.35 bits per heavy atom. The van der Waals surface area contributed by atoms with E-state index in [9.17, 15) is 0 Å². The highest BCUT2D eigenvalue weighted by Gasteiger charge is 2.16. The summed E-state index contributed by atoms with van der Waals surface area (Å²) in [5, 5.41) is 11.1.